The topological polar surface area (TPSA) is 93.0 Å². The van der Waals surface area contributed by atoms with Crippen LogP contribution in [-0.2, 0) is 16.2 Å². The smallest absolute Gasteiger partial charge is 0.351 e. The molecule has 1 aliphatic heterocycles. The number of anilines is 1. The van der Waals surface area contributed by atoms with Gasteiger partial charge in [-0.25, -0.2) is 32.1 Å². The SMILES string of the molecule is CS(=O)(=O)N1CCC(Nc2ncc(C(F)(F)F)c(-c3cn(-c4cccc(F)c4Cl)cn3)n2)CC1. The third-order valence-corrected chi connectivity index (χ3v) is 7.06. The average Bonchev–Trinajstić information content (AvgIpc) is 3.24. The number of sulfonamides is 1. The number of hydrogen-bond acceptors (Lipinski definition) is 6. The second kappa shape index (κ2) is 9.12. The lowest BCUT2D eigenvalue weighted by atomic mass is 10.1. The van der Waals surface area contributed by atoms with Crippen molar-refractivity contribution in [3.8, 4) is 17.1 Å². The fraction of sp³-hybridized carbons (Fsp3) is 0.350. The third-order valence-electron chi connectivity index (χ3n) is 5.38. The van der Waals surface area contributed by atoms with Gasteiger partial charge in [0.05, 0.1) is 11.9 Å². The molecular weight excluding hydrogens is 500 g/mol. The van der Waals surface area contributed by atoms with E-state index in [1.54, 1.807) is 0 Å². The van der Waals surface area contributed by atoms with Crippen molar-refractivity contribution in [2.24, 2.45) is 0 Å². The molecule has 0 saturated carbocycles. The molecule has 0 atom stereocenters. The minimum atomic E-state index is -4.74. The average molecular weight is 519 g/mol. The molecule has 0 radical (unpaired) electrons. The van der Waals surface area contributed by atoms with Crippen LogP contribution in [0.25, 0.3) is 17.1 Å². The van der Waals surface area contributed by atoms with E-state index >= 15 is 0 Å². The number of piperidine rings is 1. The highest BCUT2D eigenvalue weighted by molar-refractivity contribution is 7.88. The second-order valence-electron chi connectivity index (χ2n) is 7.77. The van der Waals surface area contributed by atoms with Crippen LogP contribution in [0, 0.1) is 5.82 Å². The predicted molar refractivity (Wildman–Crippen MR) is 118 cm³/mol. The maximum absolute atomic E-state index is 13.8. The molecule has 14 heteroatoms. The molecule has 1 aliphatic rings. The van der Waals surface area contributed by atoms with Crippen molar-refractivity contribution in [2.75, 3.05) is 24.7 Å². The summed E-state index contributed by atoms with van der Waals surface area (Å²) < 4.78 is 80.7. The lowest BCUT2D eigenvalue weighted by Gasteiger charge is -2.30. The molecule has 1 N–H and O–H groups in total. The number of alkyl halides is 3. The summed E-state index contributed by atoms with van der Waals surface area (Å²) in [6.07, 6.45) is 0.430. The third kappa shape index (κ3) is 5.15. The van der Waals surface area contributed by atoms with Crippen molar-refractivity contribution in [1.29, 1.82) is 0 Å². The standard InChI is InChI=1S/C20H19ClF4N6O2S/c1-34(32,33)31-7-5-12(6-8-31)28-19-26-9-13(20(23,24)25)18(29-19)15-10-30(11-27-15)16-4-2-3-14(22)17(16)21/h2-4,9-12H,5-8H2,1H3,(H,26,28,29). The first-order valence-corrected chi connectivity index (χ1v) is 12.3. The molecule has 0 aliphatic carbocycles. The number of nitrogens with zero attached hydrogens (tertiary/aromatic N) is 5. The quantitative estimate of drug-likeness (QED) is 0.514. The van der Waals surface area contributed by atoms with Crippen molar-refractivity contribution in [3.63, 3.8) is 0 Å². The highest BCUT2D eigenvalue weighted by Gasteiger charge is 2.36. The second-order valence-corrected chi connectivity index (χ2v) is 10.1. The highest BCUT2D eigenvalue weighted by atomic mass is 35.5. The van der Waals surface area contributed by atoms with Crippen LogP contribution in [0.4, 0.5) is 23.5 Å². The van der Waals surface area contributed by atoms with Gasteiger partial charge < -0.3 is 9.88 Å². The summed E-state index contributed by atoms with van der Waals surface area (Å²) in [5, 5.41) is 2.78. The van der Waals surface area contributed by atoms with E-state index in [-0.39, 0.29) is 41.5 Å². The zero-order chi connectivity index (χ0) is 24.7. The molecule has 182 valence electrons. The van der Waals surface area contributed by atoms with Gasteiger partial charge in [-0.15, -0.1) is 0 Å². The van der Waals surface area contributed by atoms with Crippen molar-refractivity contribution in [3.05, 3.63) is 53.3 Å². The van der Waals surface area contributed by atoms with E-state index in [0.717, 1.165) is 12.3 Å². The molecule has 1 saturated heterocycles. The number of rotatable bonds is 5. The Morgan fingerprint density at radius 2 is 1.88 bits per heavy atom. The first kappa shape index (κ1) is 24.4. The molecule has 34 heavy (non-hydrogen) atoms. The van der Waals surface area contributed by atoms with E-state index in [9.17, 15) is 26.0 Å². The van der Waals surface area contributed by atoms with Gasteiger partial charge in [0.2, 0.25) is 16.0 Å². The normalized spacial score (nSPS) is 16.1. The summed E-state index contributed by atoms with van der Waals surface area (Å²) in [6, 6.07) is 3.86. The Morgan fingerprint density at radius 1 is 1.18 bits per heavy atom. The number of nitrogens with one attached hydrogen (secondary N) is 1. The van der Waals surface area contributed by atoms with Crippen LogP contribution in [-0.4, -0.2) is 57.6 Å². The number of hydrogen-bond donors (Lipinski definition) is 1. The molecule has 1 aromatic carbocycles. The van der Waals surface area contributed by atoms with Crippen LogP contribution >= 0.6 is 11.6 Å². The molecule has 1 fully saturated rings. The Labute approximate surface area is 197 Å². The molecule has 8 nitrogen and oxygen atoms in total. The van der Waals surface area contributed by atoms with Gasteiger partial charge in [0, 0.05) is 31.5 Å². The van der Waals surface area contributed by atoms with Crippen LogP contribution in [0.1, 0.15) is 18.4 Å². The fourth-order valence-electron chi connectivity index (χ4n) is 3.64. The number of benzene rings is 1. The van der Waals surface area contributed by atoms with Gasteiger partial charge in [-0.05, 0) is 25.0 Å². The molecule has 3 heterocycles. The van der Waals surface area contributed by atoms with E-state index in [1.807, 2.05) is 0 Å². The van der Waals surface area contributed by atoms with Crippen LogP contribution < -0.4 is 5.32 Å². The number of imidazole rings is 1. The molecule has 0 amide bonds. The zero-order valence-electron chi connectivity index (χ0n) is 17.7. The maximum Gasteiger partial charge on any atom is 0.420 e. The summed E-state index contributed by atoms with van der Waals surface area (Å²) in [6.45, 7) is 0.561. The van der Waals surface area contributed by atoms with Gasteiger partial charge in [0.1, 0.15) is 34.1 Å². The van der Waals surface area contributed by atoms with Gasteiger partial charge in [-0.3, -0.25) is 0 Å². The summed E-state index contributed by atoms with van der Waals surface area (Å²) in [5.74, 6) is -0.722. The summed E-state index contributed by atoms with van der Waals surface area (Å²) in [4.78, 5) is 11.9. The van der Waals surface area contributed by atoms with Crippen molar-refractivity contribution in [1.82, 2.24) is 23.8 Å². The van der Waals surface area contributed by atoms with Crippen molar-refractivity contribution in [2.45, 2.75) is 25.1 Å². The van der Waals surface area contributed by atoms with E-state index in [0.29, 0.717) is 19.0 Å². The molecule has 3 aromatic rings. The van der Waals surface area contributed by atoms with E-state index in [2.05, 4.69) is 20.3 Å². The molecular formula is C20H19ClF4N6O2S. The lowest BCUT2D eigenvalue weighted by Crippen LogP contribution is -2.42. The van der Waals surface area contributed by atoms with Crippen LogP contribution in [0.15, 0.2) is 36.9 Å². The Kier molecular flexibility index (Phi) is 6.53. The Morgan fingerprint density at radius 3 is 2.53 bits per heavy atom. The summed E-state index contributed by atoms with van der Waals surface area (Å²) in [7, 11) is -3.31. The van der Waals surface area contributed by atoms with Crippen molar-refractivity contribution >= 4 is 27.6 Å². The Bertz CT molecular complexity index is 1310. The van der Waals surface area contributed by atoms with E-state index in [4.69, 9.17) is 11.6 Å². The first-order chi connectivity index (χ1) is 15.9. The van der Waals surface area contributed by atoms with Gasteiger partial charge >= 0.3 is 6.18 Å². The lowest BCUT2D eigenvalue weighted by molar-refractivity contribution is -0.137. The van der Waals surface area contributed by atoms with Gasteiger partial charge in [0.15, 0.2) is 0 Å². The van der Waals surface area contributed by atoms with Gasteiger partial charge in [-0.2, -0.15) is 13.2 Å². The van der Waals surface area contributed by atoms with E-state index in [1.165, 1.54) is 33.5 Å². The number of aromatic nitrogens is 4. The molecule has 0 unspecified atom stereocenters. The Balaban J connectivity index is 1.63. The highest BCUT2D eigenvalue weighted by Crippen LogP contribution is 2.36. The summed E-state index contributed by atoms with van der Waals surface area (Å²) in [5.41, 5.74) is -1.44. The molecule has 4 rings (SSSR count). The zero-order valence-corrected chi connectivity index (χ0v) is 19.3. The summed E-state index contributed by atoms with van der Waals surface area (Å²) >= 11 is 5.98. The predicted octanol–water partition coefficient (Wildman–Crippen LogP) is 3.98. The van der Waals surface area contributed by atoms with Crippen molar-refractivity contribution < 1.29 is 26.0 Å². The first-order valence-electron chi connectivity index (χ1n) is 10.1. The maximum atomic E-state index is 13.8. The van der Waals surface area contributed by atoms with Crippen LogP contribution in [0.2, 0.25) is 5.02 Å². The molecule has 0 bridgehead atoms. The minimum absolute atomic E-state index is 0.0425. The monoisotopic (exact) mass is 518 g/mol. The van der Waals surface area contributed by atoms with Gasteiger partial charge in [0.25, 0.3) is 0 Å². The minimum Gasteiger partial charge on any atom is -0.351 e. The Hall–Kier alpha value is -2.77. The van der Waals surface area contributed by atoms with Crippen LogP contribution in [0.3, 0.4) is 0 Å². The molecule has 0 spiro atoms. The number of halogens is 5. The largest absolute Gasteiger partial charge is 0.420 e. The van der Waals surface area contributed by atoms with Crippen LogP contribution in [0.5, 0.6) is 0 Å². The fourth-order valence-corrected chi connectivity index (χ4v) is 4.73. The molecule has 2 aromatic heterocycles. The van der Waals surface area contributed by atoms with Gasteiger partial charge in [-0.1, -0.05) is 17.7 Å². The van der Waals surface area contributed by atoms with E-state index < -0.39 is 33.3 Å².